The summed E-state index contributed by atoms with van der Waals surface area (Å²) in [5, 5.41) is 13.1. The maximum Gasteiger partial charge on any atom is 0.0785 e. The lowest BCUT2D eigenvalue weighted by atomic mass is 9.90. The number of likely N-dealkylation sites (tertiary alicyclic amines) is 1. The fraction of sp³-hybridized carbons (Fsp3) is 1.00. The third kappa shape index (κ3) is 5.65. The fourth-order valence-electron chi connectivity index (χ4n) is 2.69. The minimum absolute atomic E-state index is 0.336. The minimum atomic E-state index is -0.336. The zero-order valence-corrected chi connectivity index (χ0v) is 12.2. The lowest BCUT2D eigenvalue weighted by Gasteiger charge is -2.34. The van der Waals surface area contributed by atoms with Crippen LogP contribution in [0.5, 0.6) is 0 Å². The van der Waals surface area contributed by atoms with Gasteiger partial charge in [0.05, 0.1) is 12.7 Å². The number of methoxy groups -OCH3 is 1. The third-order valence-corrected chi connectivity index (χ3v) is 4.09. The van der Waals surface area contributed by atoms with Crippen LogP contribution in [0.1, 0.15) is 33.1 Å². The SMILES string of the molecule is CCN1CCC(C(C)NCCC(O)COC)CC1. The van der Waals surface area contributed by atoms with E-state index in [1.54, 1.807) is 7.11 Å². The van der Waals surface area contributed by atoms with Gasteiger partial charge in [0.2, 0.25) is 0 Å². The molecule has 1 fully saturated rings. The van der Waals surface area contributed by atoms with Gasteiger partial charge in [0, 0.05) is 13.2 Å². The van der Waals surface area contributed by atoms with E-state index in [1.165, 1.54) is 32.5 Å². The lowest BCUT2D eigenvalue weighted by Crippen LogP contribution is -2.42. The van der Waals surface area contributed by atoms with Crippen molar-refractivity contribution in [2.75, 3.05) is 39.9 Å². The summed E-state index contributed by atoms with van der Waals surface area (Å²) in [5.74, 6) is 0.785. The molecule has 0 spiro atoms. The molecule has 0 aliphatic carbocycles. The Morgan fingerprint density at radius 3 is 2.61 bits per heavy atom. The third-order valence-electron chi connectivity index (χ3n) is 4.09. The average molecular weight is 258 g/mol. The summed E-state index contributed by atoms with van der Waals surface area (Å²) in [4.78, 5) is 2.52. The van der Waals surface area contributed by atoms with Gasteiger partial charge < -0.3 is 20.1 Å². The average Bonchev–Trinajstić information content (AvgIpc) is 2.39. The molecule has 1 aliphatic heterocycles. The topological polar surface area (TPSA) is 44.7 Å². The smallest absolute Gasteiger partial charge is 0.0785 e. The quantitative estimate of drug-likeness (QED) is 0.684. The molecule has 2 N–H and O–H groups in total. The van der Waals surface area contributed by atoms with Crippen molar-refractivity contribution in [1.29, 1.82) is 0 Å². The Kier molecular flexibility index (Phi) is 7.82. The molecule has 0 aromatic heterocycles. The number of aliphatic hydroxyl groups is 1. The highest BCUT2D eigenvalue weighted by atomic mass is 16.5. The Morgan fingerprint density at radius 1 is 1.39 bits per heavy atom. The van der Waals surface area contributed by atoms with E-state index in [-0.39, 0.29) is 6.10 Å². The number of nitrogens with zero attached hydrogens (tertiary/aromatic N) is 1. The summed E-state index contributed by atoms with van der Waals surface area (Å²) < 4.78 is 4.92. The van der Waals surface area contributed by atoms with E-state index >= 15 is 0 Å². The summed E-state index contributed by atoms with van der Waals surface area (Å²) in [7, 11) is 1.63. The second-order valence-corrected chi connectivity index (χ2v) is 5.41. The highest BCUT2D eigenvalue weighted by molar-refractivity contribution is 4.79. The fourth-order valence-corrected chi connectivity index (χ4v) is 2.69. The molecule has 4 nitrogen and oxygen atoms in total. The first-order valence-corrected chi connectivity index (χ1v) is 7.30. The Labute approximate surface area is 112 Å². The monoisotopic (exact) mass is 258 g/mol. The van der Waals surface area contributed by atoms with Gasteiger partial charge >= 0.3 is 0 Å². The van der Waals surface area contributed by atoms with Gasteiger partial charge in [0.15, 0.2) is 0 Å². The standard InChI is InChI=1S/C14H30N2O2/c1-4-16-9-6-13(7-10-16)12(2)15-8-5-14(17)11-18-3/h12-15,17H,4-11H2,1-3H3. The number of hydrogen-bond acceptors (Lipinski definition) is 4. The van der Waals surface area contributed by atoms with Crippen LogP contribution in [-0.4, -0.2) is 62.0 Å². The second kappa shape index (κ2) is 8.86. The summed E-state index contributed by atoms with van der Waals surface area (Å²) in [6, 6.07) is 0.554. The molecule has 1 heterocycles. The second-order valence-electron chi connectivity index (χ2n) is 5.41. The number of piperidine rings is 1. The maximum atomic E-state index is 9.57. The zero-order valence-electron chi connectivity index (χ0n) is 12.2. The molecular weight excluding hydrogens is 228 g/mol. The molecule has 2 atom stereocenters. The van der Waals surface area contributed by atoms with Gasteiger partial charge in [0.1, 0.15) is 0 Å². The van der Waals surface area contributed by atoms with E-state index < -0.39 is 0 Å². The van der Waals surface area contributed by atoms with Crippen molar-refractivity contribution >= 4 is 0 Å². The summed E-state index contributed by atoms with van der Waals surface area (Å²) >= 11 is 0. The van der Waals surface area contributed by atoms with Crippen molar-refractivity contribution in [2.45, 2.75) is 45.3 Å². The first kappa shape index (κ1) is 15.9. The highest BCUT2D eigenvalue weighted by Crippen LogP contribution is 2.20. The van der Waals surface area contributed by atoms with Gasteiger partial charge in [-0.2, -0.15) is 0 Å². The van der Waals surface area contributed by atoms with Crippen molar-refractivity contribution in [3.63, 3.8) is 0 Å². The predicted octanol–water partition coefficient (Wildman–Crippen LogP) is 1.09. The van der Waals surface area contributed by atoms with Gasteiger partial charge in [-0.05, 0) is 58.3 Å². The van der Waals surface area contributed by atoms with Crippen LogP contribution in [0.25, 0.3) is 0 Å². The molecule has 1 aliphatic rings. The zero-order chi connectivity index (χ0) is 13.4. The van der Waals surface area contributed by atoms with Gasteiger partial charge in [-0.25, -0.2) is 0 Å². The number of hydrogen-bond donors (Lipinski definition) is 2. The van der Waals surface area contributed by atoms with E-state index in [0.717, 1.165) is 18.9 Å². The highest BCUT2D eigenvalue weighted by Gasteiger charge is 2.22. The molecule has 0 aromatic carbocycles. The normalized spacial score (nSPS) is 22.0. The van der Waals surface area contributed by atoms with Crippen LogP contribution in [0.4, 0.5) is 0 Å². The number of aliphatic hydroxyl groups excluding tert-OH is 1. The minimum Gasteiger partial charge on any atom is -0.391 e. The van der Waals surface area contributed by atoms with E-state index in [2.05, 4.69) is 24.1 Å². The van der Waals surface area contributed by atoms with Crippen LogP contribution in [0.3, 0.4) is 0 Å². The van der Waals surface area contributed by atoms with Gasteiger partial charge in [-0.3, -0.25) is 0 Å². The van der Waals surface area contributed by atoms with Crippen molar-refractivity contribution < 1.29 is 9.84 Å². The largest absolute Gasteiger partial charge is 0.391 e. The van der Waals surface area contributed by atoms with Crippen molar-refractivity contribution in [1.82, 2.24) is 10.2 Å². The first-order valence-electron chi connectivity index (χ1n) is 7.30. The molecule has 0 aromatic rings. The van der Waals surface area contributed by atoms with Crippen LogP contribution < -0.4 is 5.32 Å². The summed E-state index contributed by atoms with van der Waals surface area (Å²) in [6.07, 6.45) is 3.02. The molecule has 4 heteroatoms. The molecule has 18 heavy (non-hydrogen) atoms. The Hall–Kier alpha value is -0.160. The molecule has 1 rings (SSSR count). The van der Waals surface area contributed by atoms with E-state index in [4.69, 9.17) is 4.74 Å². The molecule has 0 radical (unpaired) electrons. The summed E-state index contributed by atoms with van der Waals surface area (Å²) in [6.45, 7) is 9.47. The lowest BCUT2D eigenvalue weighted by molar-refractivity contribution is 0.0582. The number of ether oxygens (including phenoxy) is 1. The van der Waals surface area contributed by atoms with Gasteiger partial charge in [-0.1, -0.05) is 6.92 Å². The molecule has 1 saturated heterocycles. The first-order chi connectivity index (χ1) is 8.67. The molecule has 108 valence electrons. The van der Waals surface area contributed by atoms with Gasteiger partial charge in [-0.15, -0.1) is 0 Å². The van der Waals surface area contributed by atoms with Gasteiger partial charge in [0.25, 0.3) is 0 Å². The summed E-state index contributed by atoms with van der Waals surface area (Å²) in [5.41, 5.74) is 0. The van der Waals surface area contributed by atoms with Crippen molar-refractivity contribution in [2.24, 2.45) is 5.92 Å². The molecule has 0 bridgehead atoms. The maximum absolute atomic E-state index is 9.57. The van der Waals surface area contributed by atoms with Crippen molar-refractivity contribution in [3.05, 3.63) is 0 Å². The van der Waals surface area contributed by atoms with Crippen LogP contribution >= 0.6 is 0 Å². The van der Waals surface area contributed by atoms with Crippen LogP contribution in [0, 0.1) is 5.92 Å². The van der Waals surface area contributed by atoms with Crippen molar-refractivity contribution in [3.8, 4) is 0 Å². The Balaban J connectivity index is 2.11. The number of nitrogens with one attached hydrogen (secondary N) is 1. The molecular formula is C14H30N2O2. The molecule has 2 unspecified atom stereocenters. The Bertz CT molecular complexity index is 206. The van der Waals surface area contributed by atoms with E-state index in [9.17, 15) is 5.11 Å². The van der Waals surface area contributed by atoms with E-state index in [1.807, 2.05) is 0 Å². The molecule has 0 saturated carbocycles. The molecule has 0 amide bonds. The van der Waals surface area contributed by atoms with E-state index in [0.29, 0.717) is 12.6 Å². The Morgan fingerprint density at radius 2 is 2.06 bits per heavy atom. The predicted molar refractivity (Wildman–Crippen MR) is 74.8 cm³/mol. The van der Waals surface area contributed by atoms with Crippen LogP contribution in [0.2, 0.25) is 0 Å². The number of rotatable bonds is 8. The van der Waals surface area contributed by atoms with Crippen LogP contribution in [0.15, 0.2) is 0 Å². The van der Waals surface area contributed by atoms with Crippen LogP contribution in [-0.2, 0) is 4.74 Å².